The standard InChI is InChI=1S/C22H30BrN6O12P/c1-12(25-37-5)18(31)41-42(34,40-14-8-6-13(35-3)7-9-14)38-11-16-15(30)10-17(39-16)28-20(36-4)22(2,23)19(32)29(21(28)33)27-26-24/h6-9,12,15-17,20,25,30H,10-11H2,1-5H3/t12-,15-,16+,17+,20?,22?,42?/m0/s1. The Balaban J connectivity index is 1.80. The molecular formula is C22H30BrN6O12P. The fourth-order valence-electron chi connectivity index (χ4n) is 4.05. The van der Waals surface area contributed by atoms with E-state index in [0.717, 1.165) is 4.90 Å². The van der Waals surface area contributed by atoms with Gasteiger partial charge in [-0.25, -0.2) is 23.8 Å². The molecule has 2 saturated heterocycles. The summed E-state index contributed by atoms with van der Waals surface area (Å²) >= 11 is 3.22. The largest absolute Gasteiger partial charge is 0.589 e. The lowest BCUT2D eigenvalue weighted by molar-refractivity contribution is -0.166. The second-order valence-corrected chi connectivity index (χ2v) is 12.2. The van der Waals surface area contributed by atoms with Crippen LogP contribution >= 0.6 is 23.8 Å². The summed E-state index contributed by atoms with van der Waals surface area (Å²) in [5, 5.41) is 14.2. The van der Waals surface area contributed by atoms with Crippen LogP contribution in [0.15, 0.2) is 29.5 Å². The number of hydrogen-bond acceptors (Lipinski definition) is 14. The number of methoxy groups -OCH3 is 2. The number of halogens is 1. The first-order chi connectivity index (χ1) is 19.8. The van der Waals surface area contributed by atoms with Gasteiger partial charge in [-0.3, -0.25) is 4.52 Å². The van der Waals surface area contributed by atoms with Gasteiger partial charge in [0.1, 0.15) is 29.9 Å². The number of aliphatic hydroxyl groups is 1. The molecule has 0 spiro atoms. The summed E-state index contributed by atoms with van der Waals surface area (Å²) in [5.41, 5.74) is 11.2. The van der Waals surface area contributed by atoms with Crippen LogP contribution in [-0.4, -0.2) is 95.9 Å². The topological polar surface area (TPSA) is 220 Å². The molecule has 0 saturated carbocycles. The first kappa shape index (κ1) is 33.5. The molecule has 18 nitrogen and oxygen atoms in total. The van der Waals surface area contributed by atoms with Crippen LogP contribution < -0.4 is 14.7 Å². The van der Waals surface area contributed by atoms with E-state index in [1.165, 1.54) is 59.4 Å². The Bertz CT molecular complexity index is 1250. The fraction of sp³-hybridized carbons (Fsp3) is 0.591. The van der Waals surface area contributed by atoms with Crippen molar-refractivity contribution in [3.8, 4) is 11.5 Å². The highest BCUT2D eigenvalue weighted by Crippen LogP contribution is 2.51. The maximum atomic E-state index is 13.6. The Kier molecular flexibility index (Phi) is 11.2. The van der Waals surface area contributed by atoms with Crippen LogP contribution in [0, 0.1) is 0 Å². The number of urea groups is 1. The molecule has 3 amide bonds. The summed E-state index contributed by atoms with van der Waals surface area (Å²) in [6, 6.07) is 3.68. The van der Waals surface area contributed by atoms with E-state index < -0.39 is 67.4 Å². The van der Waals surface area contributed by atoms with Crippen LogP contribution in [-0.2, 0) is 37.5 Å². The molecule has 2 aliphatic heterocycles. The van der Waals surface area contributed by atoms with E-state index in [-0.39, 0.29) is 12.2 Å². The van der Waals surface area contributed by atoms with Gasteiger partial charge in [0.25, 0.3) is 0 Å². The van der Waals surface area contributed by atoms with Gasteiger partial charge in [-0.2, -0.15) is 10.4 Å². The Hall–Kier alpha value is -2.99. The van der Waals surface area contributed by atoms with Crippen LogP contribution in [0.4, 0.5) is 4.79 Å². The van der Waals surface area contributed by atoms with Crippen molar-refractivity contribution in [2.75, 3.05) is 27.9 Å². The predicted molar refractivity (Wildman–Crippen MR) is 144 cm³/mol. The van der Waals surface area contributed by atoms with Crippen LogP contribution in [0.2, 0.25) is 0 Å². The van der Waals surface area contributed by atoms with Gasteiger partial charge in [0.05, 0.1) is 26.9 Å². The van der Waals surface area contributed by atoms with E-state index in [1.54, 1.807) is 0 Å². The zero-order valence-corrected chi connectivity index (χ0v) is 25.6. The number of benzene rings is 1. The number of phosphoric acid groups is 1. The monoisotopic (exact) mass is 680 g/mol. The Labute approximate surface area is 248 Å². The molecule has 0 radical (unpaired) electrons. The zero-order chi connectivity index (χ0) is 31.2. The van der Waals surface area contributed by atoms with Crippen molar-refractivity contribution >= 4 is 41.7 Å². The number of imide groups is 1. The van der Waals surface area contributed by atoms with E-state index in [1.807, 2.05) is 0 Å². The van der Waals surface area contributed by atoms with Crippen molar-refractivity contribution < 1.29 is 56.7 Å². The van der Waals surface area contributed by atoms with Gasteiger partial charge in [0.2, 0.25) is 0 Å². The highest BCUT2D eigenvalue weighted by Gasteiger charge is 2.61. The van der Waals surface area contributed by atoms with Gasteiger partial charge in [-0.05, 0) is 43.3 Å². The normalized spacial score (nSPS) is 28.1. The van der Waals surface area contributed by atoms with Crippen LogP contribution in [0.25, 0.3) is 10.4 Å². The third-order valence-corrected chi connectivity index (χ3v) is 8.15. The van der Waals surface area contributed by atoms with Gasteiger partial charge >= 0.3 is 25.7 Å². The number of carbonyl (C=O) groups is 3. The maximum absolute atomic E-state index is 13.6. The van der Waals surface area contributed by atoms with Crippen molar-refractivity contribution in [1.29, 1.82) is 0 Å². The van der Waals surface area contributed by atoms with Crippen molar-refractivity contribution in [3.05, 3.63) is 34.7 Å². The summed E-state index contributed by atoms with van der Waals surface area (Å²) < 4.78 is 44.2. The highest BCUT2D eigenvalue weighted by atomic mass is 79.9. The Morgan fingerprint density at radius 2 is 1.95 bits per heavy atom. The minimum absolute atomic E-state index is 0.00585. The molecule has 2 fully saturated rings. The molecule has 3 unspecified atom stereocenters. The zero-order valence-electron chi connectivity index (χ0n) is 23.1. The van der Waals surface area contributed by atoms with Crippen molar-refractivity contribution in [3.63, 3.8) is 0 Å². The van der Waals surface area contributed by atoms with E-state index in [4.69, 9.17) is 38.2 Å². The molecule has 0 aromatic heterocycles. The number of hydrogen-bond donors (Lipinski definition) is 2. The third-order valence-electron chi connectivity index (χ3n) is 6.12. The summed E-state index contributed by atoms with van der Waals surface area (Å²) in [7, 11) is -0.742. The molecule has 1 aromatic carbocycles. The molecule has 2 aliphatic rings. The first-order valence-corrected chi connectivity index (χ1v) is 14.4. The number of amides is 3. The summed E-state index contributed by atoms with van der Waals surface area (Å²) in [5.74, 6) is -1.45. The fourth-order valence-corrected chi connectivity index (χ4v) is 5.86. The molecule has 0 bridgehead atoms. The lowest BCUT2D eigenvalue weighted by Crippen LogP contribution is -2.68. The number of hydroxylamine groups is 1. The average molecular weight is 681 g/mol. The minimum atomic E-state index is -4.71. The number of carbonyl (C=O) groups excluding carboxylic acids is 3. The smallest absolute Gasteiger partial charge is 0.497 e. The molecule has 20 heteroatoms. The van der Waals surface area contributed by atoms with Crippen LogP contribution in [0.1, 0.15) is 20.3 Å². The van der Waals surface area contributed by atoms with Gasteiger partial charge in [-0.1, -0.05) is 20.9 Å². The number of nitrogens with one attached hydrogen (secondary N) is 1. The summed E-state index contributed by atoms with van der Waals surface area (Å²) in [6.07, 6.45) is -5.21. The first-order valence-electron chi connectivity index (χ1n) is 12.2. The molecule has 0 aliphatic carbocycles. The average Bonchev–Trinajstić information content (AvgIpc) is 3.32. The van der Waals surface area contributed by atoms with E-state index in [9.17, 15) is 24.1 Å². The third kappa shape index (κ3) is 7.31. The van der Waals surface area contributed by atoms with Crippen LogP contribution in [0.3, 0.4) is 0 Å². The molecule has 2 N–H and O–H groups in total. The second-order valence-electron chi connectivity index (χ2n) is 9.05. The number of nitrogens with zero attached hydrogens (tertiary/aromatic N) is 5. The minimum Gasteiger partial charge on any atom is -0.497 e. The quantitative estimate of drug-likeness (QED) is 0.0764. The summed E-state index contributed by atoms with van der Waals surface area (Å²) in [6.45, 7) is 2.14. The summed E-state index contributed by atoms with van der Waals surface area (Å²) in [4.78, 5) is 46.6. The van der Waals surface area contributed by atoms with Crippen molar-refractivity contribution in [1.82, 2.24) is 15.4 Å². The van der Waals surface area contributed by atoms with Crippen molar-refractivity contribution in [2.45, 2.75) is 55.3 Å². The predicted octanol–water partition coefficient (Wildman–Crippen LogP) is 2.37. The van der Waals surface area contributed by atoms with Gasteiger partial charge < -0.3 is 33.2 Å². The van der Waals surface area contributed by atoms with Gasteiger partial charge in [0.15, 0.2) is 10.6 Å². The highest BCUT2D eigenvalue weighted by molar-refractivity contribution is 9.10. The second kappa shape index (κ2) is 14.0. The van der Waals surface area contributed by atoms with Gasteiger partial charge in [-0.15, -0.1) is 5.53 Å². The molecule has 3 rings (SSSR count). The number of ether oxygens (including phenoxy) is 3. The molecule has 2 heterocycles. The SMILES string of the molecule is CON[C@@H](C)C(=O)OP(=O)(OC[C@H]1O[C@@H](N2C(=O)N(N=[N+]=[N-])C(=O)C(C)(Br)C2OC)C[C@@H]1O)Oc1ccc(OC)cc1. The number of aliphatic hydroxyl groups excluding tert-OH is 1. The van der Waals surface area contributed by atoms with Crippen LogP contribution in [0.5, 0.6) is 11.5 Å². The lowest BCUT2D eigenvalue weighted by Gasteiger charge is -2.44. The maximum Gasteiger partial charge on any atom is 0.589 e. The molecular weight excluding hydrogens is 651 g/mol. The van der Waals surface area contributed by atoms with Gasteiger partial charge in [0, 0.05) is 13.5 Å². The Morgan fingerprint density at radius 3 is 2.52 bits per heavy atom. The van der Waals surface area contributed by atoms with E-state index >= 15 is 0 Å². The van der Waals surface area contributed by atoms with Crippen molar-refractivity contribution in [2.24, 2.45) is 5.22 Å². The number of rotatable bonds is 13. The molecule has 42 heavy (non-hydrogen) atoms. The molecule has 7 atom stereocenters. The number of azide groups is 1. The molecule has 232 valence electrons. The lowest BCUT2D eigenvalue weighted by atomic mass is 10.0. The van der Waals surface area contributed by atoms with E-state index in [0.29, 0.717) is 10.8 Å². The Morgan fingerprint density at radius 1 is 1.31 bits per heavy atom. The molecule has 1 aromatic rings. The number of phosphoric ester groups is 1. The van der Waals surface area contributed by atoms with E-state index in [2.05, 4.69) is 31.5 Å². The number of alkyl halides is 1.